The molecule has 124 valence electrons. The minimum Gasteiger partial charge on any atom is -0.396 e. The van der Waals surface area contributed by atoms with Crippen molar-refractivity contribution in [3.8, 4) is 0 Å². The lowest BCUT2D eigenvalue weighted by molar-refractivity contribution is -0.104. The van der Waals surface area contributed by atoms with Crippen LogP contribution in [0.3, 0.4) is 0 Å². The molecule has 1 aliphatic heterocycles. The van der Waals surface area contributed by atoms with Crippen LogP contribution in [-0.4, -0.2) is 53.2 Å². The van der Waals surface area contributed by atoms with Crippen molar-refractivity contribution in [3.05, 3.63) is 10.7 Å². The van der Waals surface area contributed by atoms with Gasteiger partial charge in [-0.2, -0.15) is 5.10 Å². The minimum atomic E-state index is 0.00266. The molecule has 1 heterocycles. The summed E-state index contributed by atoms with van der Waals surface area (Å²) in [6.45, 7) is 2.50. The molecule has 0 aromatic carbocycles. The van der Waals surface area contributed by atoms with E-state index in [1.165, 1.54) is 45.0 Å². The van der Waals surface area contributed by atoms with E-state index in [1.807, 2.05) is 12.1 Å². The first-order valence-corrected chi connectivity index (χ1v) is 9.10. The molecule has 0 radical (unpaired) electrons. The Balaban J connectivity index is 1.75. The Labute approximate surface area is 142 Å². The van der Waals surface area contributed by atoms with E-state index in [9.17, 15) is 4.79 Å². The second-order valence-electron chi connectivity index (χ2n) is 5.91. The molecule has 5 nitrogen and oxygen atoms in total. The molecule has 7 heteroatoms. The molecule has 0 aromatic rings. The molecule has 1 aliphatic carbocycles. The van der Waals surface area contributed by atoms with Gasteiger partial charge in [-0.25, -0.2) is 0 Å². The number of halogens is 1. The normalized spacial score (nSPS) is 27.9. The molecule has 0 atom stereocenters. The molecule has 1 saturated carbocycles. The van der Waals surface area contributed by atoms with Crippen LogP contribution in [0.2, 0.25) is 0 Å². The predicted molar refractivity (Wildman–Crippen MR) is 93.8 cm³/mol. The van der Waals surface area contributed by atoms with Crippen molar-refractivity contribution in [2.24, 2.45) is 10.8 Å². The van der Waals surface area contributed by atoms with Gasteiger partial charge in [0.1, 0.15) is 5.03 Å². The molecule has 0 amide bonds. The average Bonchev–Trinajstić information content (AvgIpc) is 3.05. The monoisotopic (exact) mass is 344 g/mol. The molecule has 2 aliphatic rings. The van der Waals surface area contributed by atoms with Gasteiger partial charge < -0.3 is 5.73 Å². The van der Waals surface area contributed by atoms with Gasteiger partial charge in [0.2, 0.25) is 0 Å². The summed E-state index contributed by atoms with van der Waals surface area (Å²) in [5, 5.41) is 7.01. The van der Waals surface area contributed by atoms with Crippen molar-refractivity contribution in [2.45, 2.75) is 49.8 Å². The van der Waals surface area contributed by atoms with E-state index < -0.39 is 0 Å². The zero-order chi connectivity index (χ0) is 15.9. The quantitative estimate of drug-likeness (QED) is 0.264. The highest BCUT2D eigenvalue weighted by atomic mass is 35.5. The van der Waals surface area contributed by atoms with Gasteiger partial charge in [0.05, 0.1) is 11.9 Å². The smallest absolute Gasteiger partial charge is 0.163 e. The van der Waals surface area contributed by atoms with E-state index in [0.717, 1.165) is 18.1 Å². The van der Waals surface area contributed by atoms with Gasteiger partial charge in [0, 0.05) is 31.4 Å². The van der Waals surface area contributed by atoms with Gasteiger partial charge in [0.25, 0.3) is 0 Å². The van der Waals surface area contributed by atoms with Crippen LogP contribution in [0.5, 0.6) is 0 Å². The topological polar surface area (TPSA) is 61.9 Å². The number of nitrogens with two attached hydrogens (primary N) is 1. The van der Waals surface area contributed by atoms with Crippen molar-refractivity contribution >= 4 is 36.0 Å². The number of aldehydes is 1. The molecule has 0 aromatic heterocycles. The lowest BCUT2D eigenvalue weighted by Crippen LogP contribution is -2.33. The van der Waals surface area contributed by atoms with Crippen LogP contribution < -0.4 is 5.73 Å². The summed E-state index contributed by atoms with van der Waals surface area (Å²) >= 11 is 7.71. The summed E-state index contributed by atoms with van der Waals surface area (Å²) in [6.07, 6.45) is 9.43. The maximum atomic E-state index is 10.5. The van der Waals surface area contributed by atoms with Crippen LogP contribution in [0.1, 0.15) is 38.5 Å². The zero-order valence-corrected chi connectivity index (χ0v) is 14.7. The molecule has 1 saturated heterocycles. The molecule has 2 rings (SSSR count). The summed E-state index contributed by atoms with van der Waals surface area (Å²) in [4.78, 5) is 10.5. The maximum absolute atomic E-state index is 10.5. The third kappa shape index (κ3) is 5.18. The minimum absolute atomic E-state index is 0.00266. The van der Waals surface area contributed by atoms with Crippen LogP contribution in [0.25, 0.3) is 0 Å². The second-order valence-corrected chi connectivity index (χ2v) is 7.71. The molecule has 0 spiro atoms. The first-order valence-electron chi connectivity index (χ1n) is 7.89. The summed E-state index contributed by atoms with van der Waals surface area (Å²) in [5.41, 5.74) is 5.86. The number of nitrogens with zero attached hydrogens (tertiary/aromatic N) is 3. The SMILES string of the molecule is CN(/N=C\C(N)=C(\Cl)C=O)C1CCC(SN2CCCC2)CC1. The zero-order valence-electron chi connectivity index (χ0n) is 13.1. The summed E-state index contributed by atoms with van der Waals surface area (Å²) in [5.74, 6) is 0. The number of allylic oxidation sites excluding steroid dienone is 2. The van der Waals surface area contributed by atoms with Gasteiger partial charge >= 0.3 is 0 Å². The van der Waals surface area contributed by atoms with E-state index in [0.29, 0.717) is 12.3 Å². The van der Waals surface area contributed by atoms with Gasteiger partial charge in [-0.05, 0) is 38.5 Å². The van der Waals surface area contributed by atoms with Gasteiger partial charge in [-0.15, -0.1) is 0 Å². The number of carbonyl (C=O) groups is 1. The van der Waals surface area contributed by atoms with E-state index in [4.69, 9.17) is 17.3 Å². The van der Waals surface area contributed by atoms with E-state index in [2.05, 4.69) is 21.4 Å². The largest absolute Gasteiger partial charge is 0.396 e. The Morgan fingerprint density at radius 2 is 1.95 bits per heavy atom. The number of carbonyl (C=O) groups excluding carboxylic acids is 1. The van der Waals surface area contributed by atoms with Crippen molar-refractivity contribution < 1.29 is 4.79 Å². The summed E-state index contributed by atoms with van der Waals surface area (Å²) in [6, 6.07) is 0.439. The third-order valence-corrected chi connectivity index (χ3v) is 6.03. The van der Waals surface area contributed by atoms with E-state index in [1.54, 1.807) is 0 Å². The summed E-state index contributed by atoms with van der Waals surface area (Å²) in [7, 11) is 1.96. The maximum Gasteiger partial charge on any atom is 0.163 e. The molecule has 22 heavy (non-hydrogen) atoms. The fourth-order valence-corrected chi connectivity index (χ4v) is 4.33. The van der Waals surface area contributed by atoms with Crippen molar-refractivity contribution in [2.75, 3.05) is 20.1 Å². The second kappa shape index (κ2) is 8.79. The highest BCUT2D eigenvalue weighted by Gasteiger charge is 2.26. The highest BCUT2D eigenvalue weighted by Crippen LogP contribution is 2.34. The molecule has 0 bridgehead atoms. The van der Waals surface area contributed by atoms with E-state index >= 15 is 0 Å². The molecular weight excluding hydrogens is 320 g/mol. The summed E-state index contributed by atoms with van der Waals surface area (Å²) < 4.78 is 2.53. The number of rotatable bonds is 6. The first-order chi connectivity index (χ1) is 10.6. The van der Waals surface area contributed by atoms with Crippen LogP contribution in [0.15, 0.2) is 15.8 Å². The highest BCUT2D eigenvalue weighted by molar-refractivity contribution is 7.97. The average molecular weight is 345 g/mol. The van der Waals surface area contributed by atoms with E-state index in [-0.39, 0.29) is 10.7 Å². The van der Waals surface area contributed by atoms with Crippen LogP contribution in [0, 0.1) is 0 Å². The molecule has 2 fully saturated rings. The molecule has 2 N–H and O–H groups in total. The lowest BCUT2D eigenvalue weighted by atomic mass is 9.95. The Morgan fingerprint density at radius 1 is 1.32 bits per heavy atom. The van der Waals surface area contributed by atoms with Crippen molar-refractivity contribution in [1.29, 1.82) is 0 Å². The van der Waals surface area contributed by atoms with Crippen molar-refractivity contribution in [3.63, 3.8) is 0 Å². The van der Waals surface area contributed by atoms with Crippen LogP contribution in [-0.2, 0) is 4.79 Å². The Bertz CT molecular complexity index is 429. The van der Waals surface area contributed by atoms with Crippen molar-refractivity contribution in [1.82, 2.24) is 9.31 Å². The third-order valence-electron chi connectivity index (χ3n) is 4.29. The Morgan fingerprint density at radius 3 is 2.55 bits per heavy atom. The van der Waals surface area contributed by atoms with Gasteiger partial charge in [0.15, 0.2) is 6.29 Å². The number of hydrogen-bond acceptors (Lipinski definition) is 6. The number of hydrogen-bond donors (Lipinski definition) is 1. The van der Waals surface area contributed by atoms with Gasteiger partial charge in [-0.1, -0.05) is 23.5 Å². The molecule has 0 unspecified atom stereocenters. The Kier molecular flexibility index (Phi) is 7.05. The Hall–Kier alpha value is -0.720. The van der Waals surface area contributed by atoms with Crippen LogP contribution in [0.4, 0.5) is 0 Å². The first kappa shape index (κ1) is 17.6. The fraction of sp³-hybridized carbons (Fsp3) is 0.733. The van der Waals surface area contributed by atoms with Crippen LogP contribution >= 0.6 is 23.5 Å². The standard InChI is InChI=1S/C15H25ClN4OS/c1-19(18-10-15(17)14(16)11-21)12-4-6-13(7-5-12)22-20-8-2-3-9-20/h10-13H,2-9,17H2,1H3/b15-14-,18-10-. The van der Waals surface area contributed by atoms with Gasteiger partial charge in [-0.3, -0.25) is 14.1 Å². The molecular formula is C15H25ClN4OS. The number of hydrazone groups is 1. The predicted octanol–water partition coefficient (Wildman–Crippen LogP) is 2.57. The lowest BCUT2D eigenvalue weighted by Gasteiger charge is -2.34. The fourth-order valence-electron chi connectivity index (χ4n) is 2.91.